The Labute approximate surface area is 151 Å². The predicted octanol–water partition coefficient (Wildman–Crippen LogP) is 4.74. The Morgan fingerprint density at radius 3 is 2.58 bits per heavy atom. The van der Waals surface area contributed by atoms with Crippen LogP contribution in [0.5, 0.6) is 11.5 Å². The van der Waals surface area contributed by atoms with Gasteiger partial charge in [0.05, 0.1) is 12.5 Å². The predicted molar refractivity (Wildman–Crippen MR) is 102 cm³/mol. The van der Waals surface area contributed by atoms with Crippen LogP contribution in [0.4, 0.5) is 0 Å². The molecule has 26 heavy (non-hydrogen) atoms. The minimum atomic E-state index is -0.481. The number of hydrogen-bond acceptors (Lipinski definition) is 4. The van der Waals surface area contributed by atoms with E-state index in [0.29, 0.717) is 23.2 Å². The molecule has 4 heteroatoms. The highest BCUT2D eigenvalue weighted by Crippen LogP contribution is 2.42. The molecule has 1 atom stereocenters. The van der Waals surface area contributed by atoms with Gasteiger partial charge in [0.1, 0.15) is 28.4 Å². The topological polar surface area (TPSA) is 48.7 Å². The third-order valence-corrected chi connectivity index (χ3v) is 5.08. The molecule has 1 aromatic heterocycles. The van der Waals surface area contributed by atoms with Crippen LogP contribution in [0, 0.1) is 0 Å². The first-order chi connectivity index (χ1) is 12.4. The second kappa shape index (κ2) is 5.77. The molecule has 0 saturated carbocycles. The van der Waals surface area contributed by atoms with Crippen LogP contribution < -0.4 is 14.9 Å². The molecule has 0 saturated heterocycles. The van der Waals surface area contributed by atoms with E-state index in [1.54, 1.807) is 13.2 Å². The largest absolute Gasteiger partial charge is 0.497 e. The van der Waals surface area contributed by atoms with Crippen molar-refractivity contribution in [1.82, 2.24) is 0 Å². The van der Waals surface area contributed by atoms with Gasteiger partial charge in [-0.25, -0.2) is 0 Å². The minimum absolute atomic E-state index is 0.0659. The molecule has 132 valence electrons. The first-order valence-corrected chi connectivity index (χ1v) is 8.50. The summed E-state index contributed by atoms with van der Waals surface area (Å²) in [6.07, 6.45) is 0.629. The van der Waals surface area contributed by atoms with E-state index < -0.39 is 5.60 Å². The quantitative estimate of drug-likeness (QED) is 0.642. The lowest BCUT2D eigenvalue weighted by Crippen LogP contribution is -2.30. The van der Waals surface area contributed by atoms with E-state index in [-0.39, 0.29) is 5.43 Å². The lowest BCUT2D eigenvalue weighted by Gasteiger charge is -2.23. The van der Waals surface area contributed by atoms with Crippen molar-refractivity contribution in [2.45, 2.75) is 25.9 Å². The van der Waals surface area contributed by atoms with Gasteiger partial charge in [0.25, 0.3) is 0 Å². The Kier molecular flexibility index (Phi) is 3.65. The SMILES string of the molecule is C=C(C)[C@]1(C)Cc2c(ccc3c(=O)cc(-c4ccc(OC)cc4)oc23)O1. The number of hydrogen-bond donors (Lipinski definition) is 0. The van der Waals surface area contributed by atoms with Crippen LogP contribution in [0.1, 0.15) is 19.4 Å². The molecule has 0 amide bonds. The lowest BCUT2D eigenvalue weighted by atomic mass is 9.92. The summed E-state index contributed by atoms with van der Waals surface area (Å²) < 4.78 is 17.5. The van der Waals surface area contributed by atoms with Gasteiger partial charge in [0.2, 0.25) is 0 Å². The fraction of sp³-hybridized carbons (Fsp3) is 0.227. The third kappa shape index (κ3) is 2.49. The molecular weight excluding hydrogens is 328 g/mol. The van der Waals surface area contributed by atoms with Crippen LogP contribution in [-0.4, -0.2) is 12.7 Å². The monoisotopic (exact) mass is 348 g/mol. The zero-order valence-corrected chi connectivity index (χ0v) is 15.1. The van der Waals surface area contributed by atoms with E-state index >= 15 is 0 Å². The minimum Gasteiger partial charge on any atom is -0.497 e. The zero-order chi connectivity index (χ0) is 18.5. The zero-order valence-electron chi connectivity index (χ0n) is 15.1. The summed E-state index contributed by atoms with van der Waals surface area (Å²) in [5.74, 6) is 2.03. The van der Waals surface area contributed by atoms with E-state index in [2.05, 4.69) is 6.58 Å². The van der Waals surface area contributed by atoms with Crippen molar-refractivity contribution in [2.24, 2.45) is 0 Å². The first-order valence-electron chi connectivity index (χ1n) is 8.50. The van der Waals surface area contributed by atoms with E-state index in [9.17, 15) is 4.79 Å². The summed E-state index contributed by atoms with van der Waals surface area (Å²) in [5.41, 5.74) is 2.72. The van der Waals surface area contributed by atoms with E-state index in [1.165, 1.54) is 6.07 Å². The maximum atomic E-state index is 12.6. The van der Waals surface area contributed by atoms with Crippen LogP contribution >= 0.6 is 0 Å². The van der Waals surface area contributed by atoms with Crippen molar-refractivity contribution in [3.05, 3.63) is 70.4 Å². The van der Waals surface area contributed by atoms with E-state index in [1.807, 2.05) is 44.2 Å². The molecule has 0 unspecified atom stereocenters. The van der Waals surface area contributed by atoms with Crippen molar-refractivity contribution in [2.75, 3.05) is 7.11 Å². The Bertz CT molecular complexity index is 1080. The molecule has 2 heterocycles. The molecule has 4 rings (SSSR count). The highest BCUT2D eigenvalue weighted by Gasteiger charge is 2.37. The van der Waals surface area contributed by atoms with Crippen molar-refractivity contribution in [3.63, 3.8) is 0 Å². The van der Waals surface area contributed by atoms with Gasteiger partial charge >= 0.3 is 0 Å². The molecule has 3 aromatic rings. The lowest BCUT2D eigenvalue weighted by molar-refractivity contribution is 0.157. The number of ether oxygens (including phenoxy) is 2. The number of benzene rings is 2. The molecule has 0 bridgehead atoms. The van der Waals surface area contributed by atoms with Crippen molar-refractivity contribution in [1.29, 1.82) is 0 Å². The summed E-state index contributed by atoms with van der Waals surface area (Å²) in [6.45, 7) is 8.00. The molecule has 0 N–H and O–H groups in total. The average molecular weight is 348 g/mol. The van der Waals surface area contributed by atoms with Crippen LogP contribution in [0.25, 0.3) is 22.3 Å². The van der Waals surface area contributed by atoms with Gasteiger partial charge in [0.15, 0.2) is 5.43 Å². The molecule has 0 spiro atoms. The van der Waals surface area contributed by atoms with Gasteiger partial charge < -0.3 is 13.9 Å². The molecule has 1 aliphatic heterocycles. The summed E-state index contributed by atoms with van der Waals surface area (Å²) in [4.78, 5) is 12.6. The van der Waals surface area contributed by atoms with Gasteiger partial charge in [-0.1, -0.05) is 6.58 Å². The van der Waals surface area contributed by atoms with Crippen LogP contribution in [0.15, 0.2) is 63.8 Å². The molecule has 4 nitrogen and oxygen atoms in total. The number of fused-ring (bicyclic) bond motifs is 3. The second-order valence-corrected chi connectivity index (χ2v) is 6.91. The molecule has 1 aliphatic rings. The Morgan fingerprint density at radius 1 is 1.19 bits per heavy atom. The first kappa shape index (κ1) is 16.5. The third-order valence-electron chi connectivity index (χ3n) is 5.08. The number of methoxy groups -OCH3 is 1. The van der Waals surface area contributed by atoms with Crippen LogP contribution in [0.3, 0.4) is 0 Å². The summed E-state index contributed by atoms with van der Waals surface area (Å²) in [6, 6.07) is 12.6. The van der Waals surface area contributed by atoms with Crippen LogP contribution in [0.2, 0.25) is 0 Å². The maximum Gasteiger partial charge on any atom is 0.193 e. The molecule has 0 radical (unpaired) electrons. The van der Waals surface area contributed by atoms with Crippen molar-refractivity contribution < 1.29 is 13.9 Å². The van der Waals surface area contributed by atoms with Gasteiger partial charge in [-0.05, 0) is 55.8 Å². The standard InChI is InChI=1S/C22H20O4/c1-13(2)22(3)12-17-19(26-22)10-9-16-18(23)11-20(25-21(16)17)14-5-7-15(24-4)8-6-14/h5-11H,1,12H2,2-4H3/t22-/m0/s1. The van der Waals surface area contributed by atoms with Gasteiger partial charge in [0, 0.05) is 23.6 Å². The summed E-state index contributed by atoms with van der Waals surface area (Å²) in [7, 11) is 1.62. The molecular formula is C22H20O4. The fourth-order valence-electron chi connectivity index (χ4n) is 3.27. The molecule has 0 fully saturated rings. The number of rotatable bonds is 3. The van der Waals surface area contributed by atoms with Gasteiger partial charge in [-0.15, -0.1) is 0 Å². The van der Waals surface area contributed by atoms with E-state index in [4.69, 9.17) is 13.9 Å². The van der Waals surface area contributed by atoms with Crippen molar-refractivity contribution >= 4 is 11.0 Å². The Balaban J connectivity index is 1.89. The Morgan fingerprint density at radius 2 is 1.92 bits per heavy atom. The summed E-state index contributed by atoms with van der Waals surface area (Å²) >= 11 is 0. The second-order valence-electron chi connectivity index (χ2n) is 6.91. The van der Waals surface area contributed by atoms with Crippen LogP contribution in [-0.2, 0) is 6.42 Å². The molecule has 0 aliphatic carbocycles. The highest BCUT2D eigenvalue weighted by atomic mass is 16.5. The molecule has 2 aromatic carbocycles. The maximum absolute atomic E-state index is 12.6. The average Bonchev–Trinajstić information content (AvgIpc) is 3.00. The van der Waals surface area contributed by atoms with E-state index in [0.717, 1.165) is 28.2 Å². The van der Waals surface area contributed by atoms with Gasteiger partial charge in [-0.3, -0.25) is 4.79 Å². The van der Waals surface area contributed by atoms with Crippen molar-refractivity contribution in [3.8, 4) is 22.8 Å². The normalized spacial score (nSPS) is 18.4. The smallest absolute Gasteiger partial charge is 0.193 e. The Hall–Kier alpha value is -3.01. The van der Waals surface area contributed by atoms with Gasteiger partial charge in [-0.2, -0.15) is 0 Å². The highest BCUT2D eigenvalue weighted by molar-refractivity contribution is 5.84. The fourth-order valence-corrected chi connectivity index (χ4v) is 3.27. The summed E-state index contributed by atoms with van der Waals surface area (Å²) in [5, 5.41) is 0.565.